The number of hydrogen-bond acceptors (Lipinski definition) is 4. The van der Waals surface area contributed by atoms with Crippen molar-refractivity contribution in [1.29, 1.82) is 0 Å². The summed E-state index contributed by atoms with van der Waals surface area (Å²) in [5.74, 6) is 1.99. The Morgan fingerprint density at radius 1 is 0.314 bits per heavy atom. The summed E-state index contributed by atoms with van der Waals surface area (Å²) in [6.07, 6.45) is 0. The second kappa shape index (κ2) is 11.0. The first-order valence-corrected chi connectivity index (χ1v) is 18.0. The van der Waals surface area contributed by atoms with Crippen LogP contribution >= 0.6 is 11.3 Å². The van der Waals surface area contributed by atoms with Crippen LogP contribution in [0.1, 0.15) is 0 Å². The van der Waals surface area contributed by atoms with Gasteiger partial charge in [0.2, 0.25) is 0 Å². The Labute approximate surface area is 298 Å². The third-order valence-corrected chi connectivity index (χ3v) is 11.4. The monoisotopic (exact) mass is 665 g/mol. The molecule has 0 N–H and O–H groups in total. The standard InChI is InChI=1S/C47H27N3S/c1-2-10-31(11-3-1)45-48-46(32-22-19-29(20-23-32)34-24-21-28-9-4-5-12-33(28)25-34)50-47(49-45)37-17-8-18-41-44(37)40-26-38-35-15-6-13-30-14-7-16-36(43(30)35)39(38)27-42(40)51-41/h1-27H. The topological polar surface area (TPSA) is 38.7 Å². The summed E-state index contributed by atoms with van der Waals surface area (Å²) in [4.78, 5) is 15.4. The van der Waals surface area contributed by atoms with Crippen LogP contribution in [0.5, 0.6) is 0 Å². The fourth-order valence-electron chi connectivity index (χ4n) is 7.82. The van der Waals surface area contributed by atoms with E-state index >= 15 is 0 Å². The Kier molecular flexibility index (Phi) is 6.12. The maximum atomic E-state index is 5.20. The smallest absolute Gasteiger partial charge is 0.164 e. The van der Waals surface area contributed by atoms with Crippen LogP contribution in [0.4, 0.5) is 0 Å². The summed E-state index contributed by atoms with van der Waals surface area (Å²) in [5, 5.41) is 7.52. The zero-order chi connectivity index (χ0) is 33.5. The minimum absolute atomic E-state index is 0.656. The van der Waals surface area contributed by atoms with Crippen molar-refractivity contribution in [2.24, 2.45) is 0 Å². The van der Waals surface area contributed by atoms with Gasteiger partial charge in [0, 0.05) is 36.9 Å². The quantitative estimate of drug-likeness (QED) is 0.188. The van der Waals surface area contributed by atoms with Gasteiger partial charge in [-0.1, -0.05) is 140 Å². The Balaban J connectivity index is 1.08. The summed E-state index contributed by atoms with van der Waals surface area (Å²) < 4.78 is 2.49. The highest BCUT2D eigenvalue weighted by Crippen LogP contribution is 2.51. The zero-order valence-electron chi connectivity index (χ0n) is 27.3. The molecule has 0 saturated carbocycles. The van der Waals surface area contributed by atoms with Gasteiger partial charge in [0.15, 0.2) is 17.5 Å². The van der Waals surface area contributed by atoms with Crippen molar-refractivity contribution in [3.63, 3.8) is 0 Å². The van der Waals surface area contributed by atoms with Crippen LogP contribution in [-0.2, 0) is 0 Å². The van der Waals surface area contributed by atoms with E-state index in [4.69, 9.17) is 15.0 Å². The van der Waals surface area contributed by atoms with Crippen molar-refractivity contribution in [2.45, 2.75) is 0 Å². The van der Waals surface area contributed by atoms with Gasteiger partial charge < -0.3 is 0 Å². The van der Waals surface area contributed by atoms with E-state index in [9.17, 15) is 0 Å². The Morgan fingerprint density at radius 3 is 1.69 bits per heavy atom. The number of thiophene rings is 1. The molecule has 2 aromatic heterocycles. The van der Waals surface area contributed by atoms with E-state index in [2.05, 4.69) is 146 Å². The van der Waals surface area contributed by atoms with Crippen molar-refractivity contribution in [2.75, 3.05) is 0 Å². The highest BCUT2D eigenvalue weighted by Gasteiger charge is 2.24. The normalized spacial score (nSPS) is 11.9. The zero-order valence-corrected chi connectivity index (χ0v) is 28.2. The lowest BCUT2D eigenvalue weighted by atomic mass is 9.99. The molecule has 1 aliphatic rings. The molecule has 0 radical (unpaired) electrons. The van der Waals surface area contributed by atoms with Crippen molar-refractivity contribution in [3.05, 3.63) is 164 Å². The molecule has 2 heterocycles. The molecule has 1 aliphatic carbocycles. The number of benzene rings is 8. The van der Waals surface area contributed by atoms with Gasteiger partial charge in [0.1, 0.15) is 0 Å². The molecule has 0 atom stereocenters. The van der Waals surface area contributed by atoms with Crippen molar-refractivity contribution in [3.8, 4) is 67.5 Å². The van der Waals surface area contributed by atoms with Crippen LogP contribution < -0.4 is 0 Å². The first-order valence-electron chi connectivity index (χ1n) is 17.2. The van der Waals surface area contributed by atoms with Crippen molar-refractivity contribution in [1.82, 2.24) is 15.0 Å². The largest absolute Gasteiger partial charge is 0.208 e. The van der Waals surface area contributed by atoms with E-state index in [-0.39, 0.29) is 0 Å². The fourth-order valence-corrected chi connectivity index (χ4v) is 8.97. The third-order valence-electron chi connectivity index (χ3n) is 10.3. The van der Waals surface area contributed by atoms with Crippen LogP contribution in [0.2, 0.25) is 0 Å². The Bertz CT molecular complexity index is 3010. The lowest BCUT2D eigenvalue weighted by Crippen LogP contribution is -2.00. The van der Waals surface area contributed by atoms with Gasteiger partial charge in [-0.05, 0) is 79.2 Å². The molecular weight excluding hydrogens is 639 g/mol. The Morgan fingerprint density at radius 2 is 0.902 bits per heavy atom. The minimum atomic E-state index is 0.656. The molecule has 0 bridgehead atoms. The van der Waals surface area contributed by atoms with Gasteiger partial charge in [-0.2, -0.15) is 0 Å². The van der Waals surface area contributed by atoms with Gasteiger partial charge in [-0.25, -0.2) is 15.0 Å². The lowest BCUT2D eigenvalue weighted by Gasteiger charge is -2.10. The number of nitrogens with zero attached hydrogens (tertiary/aromatic N) is 3. The number of rotatable bonds is 4. The van der Waals surface area contributed by atoms with E-state index in [0.29, 0.717) is 17.5 Å². The third kappa shape index (κ3) is 4.47. The Hall–Kier alpha value is -6.49. The maximum absolute atomic E-state index is 5.20. The van der Waals surface area contributed by atoms with Gasteiger partial charge in [-0.15, -0.1) is 11.3 Å². The lowest BCUT2D eigenvalue weighted by molar-refractivity contribution is 1.08. The highest BCUT2D eigenvalue weighted by atomic mass is 32.1. The summed E-state index contributed by atoms with van der Waals surface area (Å²) in [5.41, 5.74) is 10.5. The first-order chi connectivity index (χ1) is 25.2. The molecule has 0 spiro atoms. The molecule has 11 rings (SSSR count). The molecule has 236 valence electrons. The van der Waals surface area contributed by atoms with E-state index in [0.717, 1.165) is 22.3 Å². The van der Waals surface area contributed by atoms with E-state index in [1.54, 1.807) is 0 Å². The molecule has 0 fully saturated rings. The molecular formula is C47H27N3S. The molecule has 4 heteroatoms. The molecule has 8 aromatic carbocycles. The van der Waals surface area contributed by atoms with Crippen LogP contribution in [-0.4, -0.2) is 15.0 Å². The number of fused-ring (bicyclic) bond motifs is 7. The average Bonchev–Trinajstić information content (AvgIpc) is 3.73. The molecule has 0 aliphatic heterocycles. The van der Waals surface area contributed by atoms with Gasteiger partial charge in [0.05, 0.1) is 0 Å². The number of aromatic nitrogens is 3. The van der Waals surface area contributed by atoms with Gasteiger partial charge in [-0.3, -0.25) is 0 Å². The summed E-state index contributed by atoms with van der Waals surface area (Å²) in [6, 6.07) is 58.5. The van der Waals surface area contributed by atoms with Crippen LogP contribution in [0, 0.1) is 0 Å². The summed E-state index contributed by atoms with van der Waals surface area (Å²) in [6.45, 7) is 0. The predicted molar refractivity (Wildman–Crippen MR) is 214 cm³/mol. The predicted octanol–water partition coefficient (Wildman–Crippen LogP) is 12.9. The number of hydrogen-bond donors (Lipinski definition) is 0. The molecule has 0 unspecified atom stereocenters. The molecule has 0 amide bonds. The molecule has 3 nitrogen and oxygen atoms in total. The summed E-state index contributed by atoms with van der Waals surface area (Å²) in [7, 11) is 0. The van der Waals surface area contributed by atoms with Crippen molar-refractivity contribution < 1.29 is 0 Å². The van der Waals surface area contributed by atoms with Gasteiger partial charge >= 0.3 is 0 Å². The fraction of sp³-hybridized carbons (Fsp3) is 0. The highest BCUT2D eigenvalue weighted by molar-refractivity contribution is 7.26. The van der Waals surface area contributed by atoms with Gasteiger partial charge in [0.25, 0.3) is 0 Å². The second-order valence-electron chi connectivity index (χ2n) is 13.2. The first kappa shape index (κ1) is 28.4. The van der Waals surface area contributed by atoms with Crippen molar-refractivity contribution >= 4 is 53.1 Å². The van der Waals surface area contributed by atoms with Crippen LogP contribution in [0.25, 0.3) is 109 Å². The average molecular weight is 666 g/mol. The van der Waals surface area contributed by atoms with E-state index in [1.807, 2.05) is 29.5 Å². The maximum Gasteiger partial charge on any atom is 0.164 e. The molecule has 10 aromatic rings. The second-order valence-corrected chi connectivity index (χ2v) is 14.3. The van der Waals surface area contributed by atoms with Crippen LogP contribution in [0.3, 0.4) is 0 Å². The SMILES string of the molecule is c1ccc(-c2nc(-c3ccc(-c4ccc5ccccc5c4)cc3)nc(-c3cccc4sc5cc6c(cc5c34)-c3cccc4cccc-6c34)n2)cc1. The summed E-state index contributed by atoms with van der Waals surface area (Å²) >= 11 is 1.83. The minimum Gasteiger partial charge on any atom is -0.208 e. The van der Waals surface area contributed by atoms with Crippen LogP contribution in [0.15, 0.2) is 164 Å². The molecule has 51 heavy (non-hydrogen) atoms. The molecule has 0 saturated heterocycles. The van der Waals surface area contributed by atoms with E-state index < -0.39 is 0 Å². The van der Waals surface area contributed by atoms with E-state index in [1.165, 1.54) is 69.5 Å².